The number of nitrogens with two attached hydrogens (primary N) is 1. The highest BCUT2D eigenvalue weighted by Crippen LogP contribution is 2.11. The number of aromatic nitrogens is 1. The largest absolute Gasteiger partial charge is 0.383 e. The van der Waals surface area contributed by atoms with Crippen molar-refractivity contribution in [2.75, 3.05) is 12.3 Å². The predicted octanol–water partition coefficient (Wildman–Crippen LogP) is 1.12. The van der Waals surface area contributed by atoms with Crippen molar-refractivity contribution in [3.05, 3.63) is 29.5 Å². The first-order chi connectivity index (χ1) is 7.09. The molecule has 1 aromatic rings. The zero-order valence-electron chi connectivity index (χ0n) is 8.95. The van der Waals surface area contributed by atoms with E-state index in [1.807, 2.05) is 25.1 Å². The minimum absolute atomic E-state index is 0.0463. The molecule has 0 fully saturated rings. The summed E-state index contributed by atoms with van der Waals surface area (Å²) in [4.78, 5) is 14.6. The summed E-state index contributed by atoms with van der Waals surface area (Å²) in [6.45, 7) is 3.94. The van der Waals surface area contributed by atoms with Crippen molar-refractivity contribution in [1.82, 2.24) is 10.3 Å². The van der Waals surface area contributed by atoms with Gasteiger partial charge in [0.2, 0.25) is 5.91 Å². The molecule has 1 heterocycles. The van der Waals surface area contributed by atoms with Gasteiger partial charge in [-0.1, -0.05) is 12.2 Å². The van der Waals surface area contributed by atoms with Crippen molar-refractivity contribution in [3.8, 4) is 0 Å². The Morgan fingerprint density at radius 2 is 2.40 bits per heavy atom. The van der Waals surface area contributed by atoms with Crippen LogP contribution >= 0.6 is 0 Å². The summed E-state index contributed by atoms with van der Waals surface area (Å²) in [5.74, 6) is 0.453. The van der Waals surface area contributed by atoms with Gasteiger partial charge >= 0.3 is 0 Å². The number of pyridine rings is 1. The fourth-order valence-electron chi connectivity index (χ4n) is 1.12. The number of carbonyl (C=O) groups excluding carboxylic acids is 1. The van der Waals surface area contributed by atoms with Gasteiger partial charge in [0.1, 0.15) is 5.82 Å². The molecular formula is C11H15N3O. The van der Waals surface area contributed by atoms with Gasteiger partial charge in [-0.25, -0.2) is 4.98 Å². The number of hydrogen-bond donors (Lipinski definition) is 2. The highest BCUT2D eigenvalue weighted by Gasteiger charge is 1.95. The maximum Gasteiger partial charge on any atom is 0.217 e. The SMILES string of the molecule is CC(=O)NCC=Cc1cc(C)cnc1N. The lowest BCUT2D eigenvalue weighted by Gasteiger charge is -2.00. The second kappa shape index (κ2) is 5.14. The molecular weight excluding hydrogens is 190 g/mol. The first-order valence-electron chi connectivity index (χ1n) is 4.72. The molecule has 15 heavy (non-hydrogen) atoms. The van der Waals surface area contributed by atoms with Gasteiger partial charge in [0.15, 0.2) is 0 Å². The number of amides is 1. The second-order valence-electron chi connectivity index (χ2n) is 3.33. The van der Waals surface area contributed by atoms with Crippen LogP contribution in [0.4, 0.5) is 5.82 Å². The van der Waals surface area contributed by atoms with Crippen molar-refractivity contribution >= 4 is 17.8 Å². The summed E-state index contributed by atoms with van der Waals surface area (Å²) in [6, 6.07) is 1.95. The number of rotatable bonds is 3. The van der Waals surface area contributed by atoms with Crippen LogP contribution in [0.3, 0.4) is 0 Å². The van der Waals surface area contributed by atoms with Crippen LogP contribution in [0.2, 0.25) is 0 Å². The minimum Gasteiger partial charge on any atom is -0.383 e. The monoisotopic (exact) mass is 205 g/mol. The van der Waals surface area contributed by atoms with E-state index in [1.165, 1.54) is 6.92 Å². The summed E-state index contributed by atoms with van der Waals surface area (Å²) < 4.78 is 0. The maximum atomic E-state index is 10.6. The van der Waals surface area contributed by atoms with E-state index in [0.717, 1.165) is 11.1 Å². The molecule has 0 radical (unpaired) electrons. The van der Waals surface area contributed by atoms with E-state index < -0.39 is 0 Å². The standard InChI is InChI=1S/C11H15N3O/c1-8-6-10(11(12)14-7-8)4-3-5-13-9(2)15/h3-4,6-7H,5H2,1-2H3,(H2,12,14)(H,13,15). The lowest BCUT2D eigenvalue weighted by molar-refractivity contribution is -0.118. The van der Waals surface area contributed by atoms with Crippen molar-refractivity contribution in [2.24, 2.45) is 0 Å². The van der Waals surface area contributed by atoms with Crippen LogP contribution in [-0.4, -0.2) is 17.4 Å². The molecule has 80 valence electrons. The Labute approximate surface area is 89.2 Å². The highest BCUT2D eigenvalue weighted by molar-refractivity contribution is 5.73. The summed E-state index contributed by atoms with van der Waals surface area (Å²) in [6.07, 6.45) is 5.42. The van der Waals surface area contributed by atoms with E-state index in [9.17, 15) is 4.79 Å². The third-order valence-corrected chi connectivity index (χ3v) is 1.85. The van der Waals surface area contributed by atoms with Crippen molar-refractivity contribution < 1.29 is 4.79 Å². The lowest BCUT2D eigenvalue weighted by Crippen LogP contribution is -2.19. The summed E-state index contributed by atoms with van der Waals surface area (Å²) in [7, 11) is 0. The fourth-order valence-corrected chi connectivity index (χ4v) is 1.12. The Hall–Kier alpha value is -1.84. The summed E-state index contributed by atoms with van der Waals surface area (Å²) in [5.41, 5.74) is 7.62. The molecule has 0 aliphatic carbocycles. The van der Waals surface area contributed by atoms with E-state index in [1.54, 1.807) is 6.20 Å². The first-order valence-corrected chi connectivity index (χ1v) is 4.72. The van der Waals surface area contributed by atoms with Crippen LogP contribution in [0.25, 0.3) is 6.08 Å². The van der Waals surface area contributed by atoms with Gasteiger partial charge in [0.05, 0.1) is 0 Å². The smallest absolute Gasteiger partial charge is 0.217 e. The Morgan fingerprint density at radius 3 is 3.07 bits per heavy atom. The van der Waals surface area contributed by atoms with E-state index in [2.05, 4.69) is 10.3 Å². The van der Waals surface area contributed by atoms with Gasteiger partial charge in [0, 0.05) is 25.2 Å². The van der Waals surface area contributed by atoms with Crippen molar-refractivity contribution in [3.63, 3.8) is 0 Å². The van der Waals surface area contributed by atoms with Crippen molar-refractivity contribution in [2.45, 2.75) is 13.8 Å². The molecule has 4 heteroatoms. The maximum absolute atomic E-state index is 10.6. The molecule has 0 bridgehead atoms. The molecule has 1 aromatic heterocycles. The fraction of sp³-hybridized carbons (Fsp3) is 0.273. The molecule has 1 rings (SSSR count). The van der Waals surface area contributed by atoms with Gasteiger partial charge in [0.25, 0.3) is 0 Å². The zero-order chi connectivity index (χ0) is 11.3. The highest BCUT2D eigenvalue weighted by atomic mass is 16.1. The number of carbonyl (C=O) groups is 1. The molecule has 3 N–H and O–H groups in total. The number of anilines is 1. The average molecular weight is 205 g/mol. The number of nitrogen functional groups attached to an aromatic ring is 1. The van der Waals surface area contributed by atoms with Gasteiger partial charge in [-0.3, -0.25) is 4.79 Å². The number of nitrogens with zero attached hydrogens (tertiary/aromatic N) is 1. The normalized spacial score (nSPS) is 10.5. The molecule has 0 unspecified atom stereocenters. The third-order valence-electron chi connectivity index (χ3n) is 1.85. The van der Waals surface area contributed by atoms with Crippen LogP contribution < -0.4 is 11.1 Å². The molecule has 0 atom stereocenters. The van der Waals surface area contributed by atoms with Gasteiger partial charge < -0.3 is 11.1 Å². The minimum atomic E-state index is -0.0463. The molecule has 0 aliphatic heterocycles. The van der Waals surface area contributed by atoms with Crippen LogP contribution in [-0.2, 0) is 4.79 Å². The molecule has 0 saturated heterocycles. The van der Waals surface area contributed by atoms with Crippen LogP contribution in [0.5, 0.6) is 0 Å². The second-order valence-corrected chi connectivity index (χ2v) is 3.33. The predicted molar refractivity (Wildman–Crippen MR) is 61.1 cm³/mol. The first kappa shape index (κ1) is 11.2. The quantitative estimate of drug-likeness (QED) is 0.777. The van der Waals surface area contributed by atoms with Crippen LogP contribution in [0, 0.1) is 6.92 Å². The third kappa shape index (κ3) is 3.81. The topological polar surface area (TPSA) is 68.0 Å². The lowest BCUT2D eigenvalue weighted by atomic mass is 10.2. The number of aryl methyl sites for hydroxylation is 1. The summed E-state index contributed by atoms with van der Waals surface area (Å²) in [5, 5.41) is 2.66. The van der Waals surface area contributed by atoms with Gasteiger partial charge in [-0.2, -0.15) is 0 Å². The molecule has 0 aliphatic rings. The Balaban J connectivity index is 2.63. The summed E-state index contributed by atoms with van der Waals surface area (Å²) >= 11 is 0. The van der Waals surface area contributed by atoms with E-state index >= 15 is 0 Å². The molecule has 0 spiro atoms. The van der Waals surface area contributed by atoms with E-state index in [-0.39, 0.29) is 5.91 Å². The van der Waals surface area contributed by atoms with Gasteiger partial charge in [-0.05, 0) is 18.6 Å². The Kier molecular flexibility index (Phi) is 3.85. The molecule has 0 saturated carbocycles. The number of nitrogens with one attached hydrogen (secondary N) is 1. The van der Waals surface area contributed by atoms with E-state index in [0.29, 0.717) is 12.4 Å². The van der Waals surface area contributed by atoms with E-state index in [4.69, 9.17) is 5.73 Å². The zero-order valence-corrected chi connectivity index (χ0v) is 8.95. The van der Waals surface area contributed by atoms with Crippen LogP contribution in [0.15, 0.2) is 18.3 Å². The van der Waals surface area contributed by atoms with Crippen molar-refractivity contribution in [1.29, 1.82) is 0 Å². The number of hydrogen-bond acceptors (Lipinski definition) is 3. The molecule has 4 nitrogen and oxygen atoms in total. The Bertz CT molecular complexity index is 385. The average Bonchev–Trinajstić information content (AvgIpc) is 2.17. The van der Waals surface area contributed by atoms with Crippen LogP contribution in [0.1, 0.15) is 18.1 Å². The van der Waals surface area contributed by atoms with Gasteiger partial charge in [-0.15, -0.1) is 0 Å². The molecule has 0 aromatic carbocycles. The Morgan fingerprint density at radius 1 is 1.67 bits per heavy atom. The molecule has 1 amide bonds.